The third kappa shape index (κ3) is 3.07. The standard InChI is InChI=1S/C17H12FNO3S/c1-22-17(21)11-6-7-12(18)13(8-11)19-16(20)15-9-10-4-2-3-5-14(10)23-15/h2-9H,1H3,(H,19,20). The molecule has 1 amide bonds. The number of ether oxygens (including phenoxy) is 1. The maximum atomic E-state index is 13.9. The predicted octanol–water partition coefficient (Wildman–Crippen LogP) is 4.08. The van der Waals surface area contributed by atoms with Gasteiger partial charge in [0.05, 0.1) is 23.2 Å². The molecule has 23 heavy (non-hydrogen) atoms. The number of rotatable bonds is 3. The number of carbonyl (C=O) groups is 2. The molecule has 0 atom stereocenters. The molecule has 0 aliphatic heterocycles. The average Bonchev–Trinajstić information content (AvgIpc) is 3.00. The Bertz CT molecular complexity index is 871. The first kappa shape index (κ1) is 15.2. The normalized spacial score (nSPS) is 10.5. The third-order valence-corrected chi connectivity index (χ3v) is 4.40. The van der Waals surface area contributed by atoms with Gasteiger partial charge in [0.1, 0.15) is 5.82 Å². The summed E-state index contributed by atoms with van der Waals surface area (Å²) in [6.07, 6.45) is 0. The van der Waals surface area contributed by atoms with Gasteiger partial charge in [-0.1, -0.05) is 18.2 Å². The fraction of sp³-hybridized carbons (Fsp3) is 0.0588. The van der Waals surface area contributed by atoms with E-state index in [2.05, 4.69) is 10.1 Å². The average molecular weight is 329 g/mol. The minimum Gasteiger partial charge on any atom is -0.465 e. The van der Waals surface area contributed by atoms with Crippen molar-refractivity contribution in [2.45, 2.75) is 0 Å². The zero-order valence-corrected chi connectivity index (χ0v) is 12.9. The molecule has 1 N–H and O–H groups in total. The zero-order valence-electron chi connectivity index (χ0n) is 12.1. The topological polar surface area (TPSA) is 55.4 Å². The second kappa shape index (κ2) is 6.18. The van der Waals surface area contributed by atoms with Crippen LogP contribution in [-0.2, 0) is 4.74 Å². The van der Waals surface area contributed by atoms with Crippen LogP contribution in [0.1, 0.15) is 20.0 Å². The first-order chi connectivity index (χ1) is 11.1. The van der Waals surface area contributed by atoms with Crippen LogP contribution in [0.25, 0.3) is 10.1 Å². The summed E-state index contributed by atoms with van der Waals surface area (Å²) in [5, 5.41) is 3.45. The smallest absolute Gasteiger partial charge is 0.337 e. The molecule has 1 heterocycles. The Balaban J connectivity index is 1.88. The molecule has 0 spiro atoms. The van der Waals surface area contributed by atoms with Crippen LogP contribution >= 0.6 is 11.3 Å². The van der Waals surface area contributed by atoms with Crippen molar-refractivity contribution < 1.29 is 18.7 Å². The molecule has 0 saturated heterocycles. The Hall–Kier alpha value is -2.73. The summed E-state index contributed by atoms with van der Waals surface area (Å²) in [6, 6.07) is 13.0. The van der Waals surface area contributed by atoms with Crippen LogP contribution < -0.4 is 5.32 Å². The van der Waals surface area contributed by atoms with E-state index in [1.165, 1.54) is 30.6 Å². The molecule has 0 aliphatic carbocycles. The predicted molar refractivity (Wildman–Crippen MR) is 87.5 cm³/mol. The number of methoxy groups -OCH3 is 1. The number of benzene rings is 2. The molecule has 3 aromatic rings. The third-order valence-electron chi connectivity index (χ3n) is 3.28. The van der Waals surface area contributed by atoms with Crippen molar-refractivity contribution >= 4 is 39.0 Å². The molecular weight excluding hydrogens is 317 g/mol. The molecular formula is C17H12FNO3S. The highest BCUT2D eigenvalue weighted by molar-refractivity contribution is 7.20. The lowest BCUT2D eigenvalue weighted by atomic mass is 10.2. The van der Waals surface area contributed by atoms with E-state index >= 15 is 0 Å². The molecule has 4 nitrogen and oxygen atoms in total. The van der Waals surface area contributed by atoms with Gasteiger partial charge in [-0.05, 0) is 35.7 Å². The van der Waals surface area contributed by atoms with Crippen LogP contribution in [0.2, 0.25) is 0 Å². The van der Waals surface area contributed by atoms with Crippen LogP contribution in [0.3, 0.4) is 0 Å². The minimum absolute atomic E-state index is 0.0599. The van der Waals surface area contributed by atoms with Crippen LogP contribution in [0.15, 0.2) is 48.5 Å². The largest absolute Gasteiger partial charge is 0.465 e. The van der Waals surface area contributed by atoms with Gasteiger partial charge >= 0.3 is 5.97 Å². The number of thiophene rings is 1. The van der Waals surface area contributed by atoms with Gasteiger partial charge < -0.3 is 10.1 Å². The van der Waals surface area contributed by atoms with Gasteiger partial charge in [-0.3, -0.25) is 4.79 Å². The Morgan fingerprint density at radius 3 is 2.65 bits per heavy atom. The lowest BCUT2D eigenvalue weighted by Gasteiger charge is -2.07. The highest BCUT2D eigenvalue weighted by Gasteiger charge is 2.15. The first-order valence-electron chi connectivity index (χ1n) is 6.76. The van der Waals surface area contributed by atoms with Crippen molar-refractivity contribution in [3.05, 3.63) is 64.8 Å². The second-order valence-corrected chi connectivity index (χ2v) is 5.87. The van der Waals surface area contributed by atoms with Gasteiger partial charge in [0.15, 0.2) is 0 Å². The second-order valence-electron chi connectivity index (χ2n) is 4.79. The maximum absolute atomic E-state index is 13.9. The summed E-state index contributed by atoms with van der Waals surface area (Å²) in [5.41, 5.74) is 0.107. The first-order valence-corrected chi connectivity index (χ1v) is 7.58. The van der Waals surface area contributed by atoms with E-state index in [0.29, 0.717) is 4.88 Å². The molecule has 116 valence electrons. The summed E-state index contributed by atoms with van der Waals surface area (Å²) < 4.78 is 19.4. The van der Waals surface area contributed by atoms with Crippen molar-refractivity contribution in [2.24, 2.45) is 0 Å². The number of halogens is 1. The highest BCUT2D eigenvalue weighted by atomic mass is 32.1. The van der Waals surface area contributed by atoms with Gasteiger partial charge in [-0.15, -0.1) is 11.3 Å². The SMILES string of the molecule is COC(=O)c1ccc(F)c(NC(=O)c2cc3ccccc3s2)c1. The van der Waals surface area contributed by atoms with Crippen LogP contribution in [0.5, 0.6) is 0 Å². The Labute approximate surface area is 135 Å². The molecule has 3 rings (SSSR count). The van der Waals surface area contributed by atoms with Crippen LogP contribution in [0, 0.1) is 5.82 Å². The molecule has 2 aromatic carbocycles. The van der Waals surface area contributed by atoms with E-state index < -0.39 is 17.7 Å². The highest BCUT2D eigenvalue weighted by Crippen LogP contribution is 2.26. The minimum atomic E-state index is -0.618. The Morgan fingerprint density at radius 1 is 1.13 bits per heavy atom. The van der Waals surface area contributed by atoms with Gasteiger partial charge in [0.2, 0.25) is 0 Å². The molecule has 0 fully saturated rings. The number of hydrogen-bond acceptors (Lipinski definition) is 4. The molecule has 0 aliphatic rings. The van der Waals surface area contributed by atoms with Crippen LogP contribution in [-0.4, -0.2) is 19.0 Å². The van der Waals surface area contributed by atoms with E-state index in [0.717, 1.165) is 16.2 Å². The van der Waals surface area contributed by atoms with Crippen LogP contribution in [0.4, 0.5) is 10.1 Å². The molecule has 6 heteroatoms. The number of carbonyl (C=O) groups excluding carboxylic acids is 2. The Kier molecular flexibility index (Phi) is 4.08. The molecule has 0 bridgehead atoms. The lowest BCUT2D eigenvalue weighted by Crippen LogP contribution is -2.12. The van der Waals surface area contributed by atoms with Gasteiger partial charge in [0.25, 0.3) is 5.91 Å². The lowest BCUT2D eigenvalue weighted by molar-refractivity contribution is 0.0600. The maximum Gasteiger partial charge on any atom is 0.337 e. The van der Waals surface area contributed by atoms with E-state index in [1.54, 1.807) is 6.07 Å². The fourth-order valence-electron chi connectivity index (χ4n) is 2.14. The summed E-state index contributed by atoms with van der Waals surface area (Å²) in [5.74, 6) is -1.64. The van der Waals surface area contributed by atoms with E-state index in [1.807, 2.05) is 24.3 Å². The number of anilines is 1. The van der Waals surface area contributed by atoms with E-state index in [9.17, 15) is 14.0 Å². The summed E-state index contributed by atoms with van der Waals surface area (Å²) in [7, 11) is 1.24. The van der Waals surface area contributed by atoms with Crippen molar-refractivity contribution in [3.8, 4) is 0 Å². The summed E-state index contributed by atoms with van der Waals surface area (Å²) >= 11 is 1.32. The number of fused-ring (bicyclic) bond motifs is 1. The van der Waals surface area contributed by atoms with Crippen molar-refractivity contribution in [2.75, 3.05) is 12.4 Å². The summed E-state index contributed by atoms with van der Waals surface area (Å²) in [6.45, 7) is 0. The summed E-state index contributed by atoms with van der Waals surface area (Å²) in [4.78, 5) is 24.3. The quantitative estimate of drug-likeness (QED) is 0.737. The monoisotopic (exact) mass is 329 g/mol. The number of esters is 1. The molecule has 1 aromatic heterocycles. The van der Waals surface area contributed by atoms with Gasteiger partial charge in [-0.2, -0.15) is 0 Å². The van der Waals surface area contributed by atoms with Gasteiger partial charge in [-0.25, -0.2) is 9.18 Å². The van der Waals surface area contributed by atoms with Crippen molar-refractivity contribution in [1.82, 2.24) is 0 Å². The molecule has 0 unspecified atom stereocenters. The van der Waals surface area contributed by atoms with Crippen molar-refractivity contribution in [3.63, 3.8) is 0 Å². The van der Waals surface area contributed by atoms with E-state index in [-0.39, 0.29) is 11.3 Å². The van der Waals surface area contributed by atoms with Gasteiger partial charge in [0, 0.05) is 4.70 Å². The molecule has 0 saturated carbocycles. The number of hydrogen-bond donors (Lipinski definition) is 1. The van der Waals surface area contributed by atoms with Crippen molar-refractivity contribution in [1.29, 1.82) is 0 Å². The number of amides is 1. The number of nitrogens with one attached hydrogen (secondary N) is 1. The fourth-order valence-corrected chi connectivity index (χ4v) is 3.10. The zero-order chi connectivity index (χ0) is 16.4. The van der Waals surface area contributed by atoms with E-state index in [4.69, 9.17) is 0 Å². The Morgan fingerprint density at radius 2 is 1.91 bits per heavy atom. The molecule has 0 radical (unpaired) electrons.